The van der Waals surface area contributed by atoms with Gasteiger partial charge in [-0.3, -0.25) is 4.79 Å². The molecule has 0 saturated heterocycles. The number of carbonyl (C=O) groups is 2. The monoisotopic (exact) mass is 456 g/mol. The minimum Gasteiger partial charge on any atom is -0.478 e. The van der Waals surface area contributed by atoms with Crippen LogP contribution in [-0.2, 0) is 19.4 Å². The van der Waals surface area contributed by atoms with E-state index in [1.54, 1.807) is 12.1 Å². The van der Waals surface area contributed by atoms with Crippen LogP contribution in [-0.4, -0.2) is 21.6 Å². The maximum Gasteiger partial charge on any atom is 0.337 e. The number of aromatic carboxylic acids is 1. The zero-order valence-corrected chi connectivity index (χ0v) is 18.7. The third-order valence-electron chi connectivity index (χ3n) is 6.47. The van der Waals surface area contributed by atoms with Crippen LogP contribution in [0.3, 0.4) is 0 Å². The molecule has 7 heteroatoms. The molecule has 1 aliphatic carbocycles. The number of hydrogen-bond donors (Lipinski definition) is 2. The van der Waals surface area contributed by atoms with Crippen molar-refractivity contribution in [2.75, 3.05) is 0 Å². The lowest BCUT2D eigenvalue weighted by Crippen LogP contribution is -2.16. The number of aryl methyl sites for hydroxylation is 1. The summed E-state index contributed by atoms with van der Waals surface area (Å²) in [7, 11) is 0. The Bertz CT molecular complexity index is 1220. The highest BCUT2D eigenvalue weighted by atomic mass is 35.5. The van der Waals surface area contributed by atoms with Crippen LogP contribution in [0.4, 0.5) is 4.39 Å². The summed E-state index contributed by atoms with van der Waals surface area (Å²) in [4.78, 5) is 23.8. The molecule has 0 spiro atoms. The lowest BCUT2D eigenvalue weighted by Gasteiger charge is -2.18. The number of carboxylic acid groups (broad SMARTS) is 1. The summed E-state index contributed by atoms with van der Waals surface area (Å²) in [6.45, 7) is 2.27. The summed E-state index contributed by atoms with van der Waals surface area (Å²) < 4.78 is 17.0. The molecule has 32 heavy (non-hydrogen) atoms. The summed E-state index contributed by atoms with van der Waals surface area (Å²) in [6, 6.07) is 7.82. The molecule has 0 fully saturated rings. The fourth-order valence-corrected chi connectivity index (χ4v) is 5.30. The van der Waals surface area contributed by atoms with Crippen LogP contribution in [0.2, 0.25) is 5.02 Å². The van der Waals surface area contributed by atoms with Gasteiger partial charge in [0.25, 0.3) is 5.91 Å². The van der Waals surface area contributed by atoms with Crippen molar-refractivity contribution >= 4 is 34.4 Å². The Kier molecular flexibility index (Phi) is 6.24. The first kappa shape index (κ1) is 22.3. The van der Waals surface area contributed by atoms with Gasteiger partial charge in [-0.05, 0) is 55.4 Å². The van der Waals surface area contributed by atoms with Gasteiger partial charge in [-0.25, -0.2) is 9.18 Å². The number of carbonyl (C=O) groups excluding carboxylic acids is 1. The highest BCUT2D eigenvalue weighted by Gasteiger charge is 2.27. The molecule has 3 aromatic rings. The van der Waals surface area contributed by atoms with E-state index < -0.39 is 17.7 Å². The molecule has 0 saturated carbocycles. The van der Waals surface area contributed by atoms with Gasteiger partial charge in [-0.15, -0.1) is 0 Å². The van der Waals surface area contributed by atoms with Crippen molar-refractivity contribution in [3.8, 4) is 0 Å². The molecule has 3 N–H and O–H groups in total. The molecule has 2 aromatic carbocycles. The number of primary amides is 1. The van der Waals surface area contributed by atoms with E-state index in [9.17, 15) is 14.7 Å². The van der Waals surface area contributed by atoms with Crippen LogP contribution >= 0.6 is 11.6 Å². The smallest absolute Gasteiger partial charge is 0.337 e. The Morgan fingerprint density at radius 1 is 1.28 bits per heavy atom. The van der Waals surface area contributed by atoms with Gasteiger partial charge < -0.3 is 15.4 Å². The first-order chi connectivity index (χ1) is 15.3. The molecule has 0 bridgehead atoms. The van der Waals surface area contributed by atoms with Crippen molar-refractivity contribution in [2.24, 2.45) is 11.7 Å². The lowest BCUT2D eigenvalue weighted by atomic mass is 9.95. The Labute approximate surface area is 191 Å². The van der Waals surface area contributed by atoms with E-state index in [2.05, 4.69) is 6.92 Å². The molecular formula is C25H26ClFN2O3. The number of benzene rings is 2. The average Bonchev–Trinajstić information content (AvgIpc) is 2.87. The number of nitrogens with two attached hydrogens (primary N) is 1. The number of carboxylic acids is 1. The Balaban J connectivity index is 1.97. The van der Waals surface area contributed by atoms with Crippen LogP contribution in [0, 0.1) is 11.7 Å². The average molecular weight is 457 g/mol. The Hall–Kier alpha value is -2.86. The first-order valence-corrected chi connectivity index (χ1v) is 11.3. The SMILES string of the molecule is CCCC1CCCc2c(n(Cc3cccc(C(N)=O)c3F)c3c(C(=O)O)cc(Cl)cc23)C1. The third kappa shape index (κ3) is 3.99. The van der Waals surface area contributed by atoms with Gasteiger partial charge in [0, 0.05) is 21.7 Å². The van der Waals surface area contributed by atoms with Gasteiger partial charge in [-0.2, -0.15) is 0 Å². The quantitative estimate of drug-likeness (QED) is 0.475. The van der Waals surface area contributed by atoms with Gasteiger partial charge in [0.05, 0.1) is 23.2 Å². The van der Waals surface area contributed by atoms with Crippen molar-refractivity contribution in [3.05, 3.63) is 69.1 Å². The van der Waals surface area contributed by atoms with Gasteiger partial charge >= 0.3 is 5.97 Å². The van der Waals surface area contributed by atoms with E-state index in [4.69, 9.17) is 17.3 Å². The first-order valence-electron chi connectivity index (χ1n) is 11.0. The second-order valence-electron chi connectivity index (χ2n) is 8.56. The van der Waals surface area contributed by atoms with Crippen LogP contribution in [0.5, 0.6) is 0 Å². The molecule has 5 nitrogen and oxygen atoms in total. The topological polar surface area (TPSA) is 85.3 Å². The van der Waals surface area contributed by atoms with Crippen LogP contribution in [0.15, 0.2) is 30.3 Å². The molecule has 0 radical (unpaired) electrons. The maximum absolute atomic E-state index is 15.1. The highest BCUT2D eigenvalue weighted by Crippen LogP contribution is 2.38. The number of fused-ring (bicyclic) bond motifs is 3. The Morgan fingerprint density at radius 3 is 2.75 bits per heavy atom. The van der Waals surface area contributed by atoms with Crippen LogP contribution in [0.25, 0.3) is 10.9 Å². The molecule has 168 valence electrons. The van der Waals surface area contributed by atoms with Gasteiger partial charge in [0.15, 0.2) is 0 Å². The van der Waals surface area contributed by atoms with E-state index in [1.165, 1.54) is 12.1 Å². The molecule has 1 unspecified atom stereocenters. The van der Waals surface area contributed by atoms with Crippen LogP contribution < -0.4 is 5.73 Å². The molecule has 1 amide bonds. The van der Waals surface area contributed by atoms with E-state index in [1.807, 2.05) is 10.6 Å². The number of hydrogen-bond acceptors (Lipinski definition) is 2. The van der Waals surface area contributed by atoms with E-state index in [0.717, 1.165) is 55.2 Å². The van der Waals surface area contributed by atoms with Crippen molar-refractivity contribution in [3.63, 3.8) is 0 Å². The van der Waals surface area contributed by atoms with E-state index in [0.29, 0.717) is 22.0 Å². The largest absolute Gasteiger partial charge is 0.478 e. The summed E-state index contributed by atoms with van der Waals surface area (Å²) in [5.74, 6) is -2.10. The summed E-state index contributed by atoms with van der Waals surface area (Å²) in [6.07, 6.45) is 5.88. The van der Waals surface area contributed by atoms with Crippen molar-refractivity contribution in [1.29, 1.82) is 0 Å². The minimum atomic E-state index is -1.08. The molecule has 1 atom stereocenters. The summed E-state index contributed by atoms with van der Waals surface area (Å²) in [5, 5.41) is 11.1. The van der Waals surface area contributed by atoms with Crippen molar-refractivity contribution in [2.45, 2.75) is 52.0 Å². The zero-order chi connectivity index (χ0) is 23.0. The second-order valence-corrected chi connectivity index (χ2v) is 9.00. The number of aromatic nitrogens is 1. The number of rotatable bonds is 6. The predicted octanol–water partition coefficient (Wildman–Crippen LogP) is 5.57. The molecule has 0 aliphatic heterocycles. The maximum atomic E-state index is 15.1. The second kappa shape index (κ2) is 8.94. The zero-order valence-electron chi connectivity index (χ0n) is 18.0. The third-order valence-corrected chi connectivity index (χ3v) is 6.68. The van der Waals surface area contributed by atoms with Crippen molar-refractivity contribution < 1.29 is 19.1 Å². The molecule has 4 rings (SSSR count). The minimum absolute atomic E-state index is 0.0964. The molecule has 1 heterocycles. The van der Waals surface area contributed by atoms with Crippen molar-refractivity contribution in [1.82, 2.24) is 4.57 Å². The molecule has 1 aliphatic rings. The molecular weight excluding hydrogens is 431 g/mol. The lowest BCUT2D eigenvalue weighted by molar-refractivity contribution is 0.0698. The van der Waals surface area contributed by atoms with E-state index in [-0.39, 0.29) is 17.7 Å². The van der Waals surface area contributed by atoms with Gasteiger partial charge in [-0.1, -0.05) is 43.5 Å². The highest BCUT2D eigenvalue weighted by molar-refractivity contribution is 6.32. The standard InChI is InChI=1S/C25H26ClFN2O3/c1-2-5-14-6-3-8-17-19-11-16(26)12-20(25(31)32)23(19)29(21(17)10-14)13-15-7-4-9-18(22(15)27)24(28)30/h4,7,9,11-12,14H,2-3,5-6,8,10,13H2,1H3,(H2,28,30)(H,31,32). The molecule has 1 aromatic heterocycles. The van der Waals surface area contributed by atoms with Crippen LogP contribution in [0.1, 0.15) is 70.1 Å². The van der Waals surface area contributed by atoms with Gasteiger partial charge in [0.2, 0.25) is 0 Å². The fraction of sp³-hybridized carbons (Fsp3) is 0.360. The normalized spacial score (nSPS) is 16.0. The number of nitrogens with zero attached hydrogens (tertiary/aromatic N) is 1. The van der Waals surface area contributed by atoms with Gasteiger partial charge in [0.1, 0.15) is 5.82 Å². The summed E-state index contributed by atoms with van der Waals surface area (Å²) in [5.41, 5.74) is 8.23. The fourth-order valence-electron chi connectivity index (χ4n) is 5.08. The Morgan fingerprint density at radius 2 is 2.06 bits per heavy atom. The number of halogens is 2. The number of amides is 1. The summed E-state index contributed by atoms with van der Waals surface area (Å²) >= 11 is 6.30. The predicted molar refractivity (Wildman–Crippen MR) is 123 cm³/mol. The van der Waals surface area contributed by atoms with E-state index >= 15 is 4.39 Å².